The van der Waals surface area contributed by atoms with Crippen molar-refractivity contribution in [3.05, 3.63) is 106 Å². The number of amides is 1. The quantitative estimate of drug-likeness (QED) is 0.294. The molecule has 1 aromatic heterocycles. The highest BCUT2D eigenvalue weighted by molar-refractivity contribution is 7.98. The number of hydrogen-bond acceptors (Lipinski definition) is 4. The Bertz CT molecular complexity index is 1280. The van der Waals surface area contributed by atoms with Gasteiger partial charge >= 0.3 is 0 Å². The number of nitrogens with zero attached hydrogens (tertiary/aromatic N) is 3. The molecule has 4 rings (SSSR count). The maximum atomic E-state index is 13.5. The molecule has 0 aliphatic rings. The van der Waals surface area contributed by atoms with E-state index in [0.29, 0.717) is 32.5 Å². The molecule has 0 fully saturated rings. The van der Waals surface area contributed by atoms with Crippen LogP contribution in [0.15, 0.2) is 78.0 Å². The Labute approximate surface area is 204 Å². The topological polar surface area (TPSA) is 59.8 Å². The summed E-state index contributed by atoms with van der Waals surface area (Å²) in [7, 11) is 0. The summed E-state index contributed by atoms with van der Waals surface area (Å²) in [6.07, 6.45) is 0. The molecule has 0 spiro atoms. The van der Waals surface area contributed by atoms with Gasteiger partial charge in [-0.05, 0) is 48.9 Å². The molecule has 1 amide bonds. The fourth-order valence-electron chi connectivity index (χ4n) is 3.24. The zero-order valence-corrected chi connectivity index (χ0v) is 19.8. The van der Waals surface area contributed by atoms with Crippen molar-refractivity contribution in [3.8, 4) is 5.69 Å². The molecule has 5 nitrogen and oxygen atoms in total. The number of rotatable bonds is 7. The van der Waals surface area contributed by atoms with Gasteiger partial charge in [0.05, 0.1) is 16.8 Å². The van der Waals surface area contributed by atoms with Crippen molar-refractivity contribution in [2.45, 2.75) is 23.9 Å². The third-order valence-corrected chi connectivity index (χ3v) is 6.39. The number of nitrogens with one attached hydrogen (secondary N) is 1. The molecule has 1 heterocycles. The van der Waals surface area contributed by atoms with Gasteiger partial charge in [0.25, 0.3) is 5.91 Å². The number of halogens is 3. The first kappa shape index (κ1) is 23.3. The number of carbonyl (C=O) groups is 1. The highest BCUT2D eigenvalue weighted by Crippen LogP contribution is 2.32. The smallest absolute Gasteiger partial charge is 0.251 e. The van der Waals surface area contributed by atoms with Gasteiger partial charge in [-0.2, -0.15) is 0 Å². The van der Waals surface area contributed by atoms with Crippen LogP contribution in [0.1, 0.15) is 34.7 Å². The molecular weight excluding hydrogens is 482 g/mol. The lowest BCUT2D eigenvalue weighted by molar-refractivity contribution is 0.0937. The van der Waals surface area contributed by atoms with E-state index in [9.17, 15) is 9.18 Å². The second-order valence-corrected chi connectivity index (χ2v) is 9.04. The molecule has 4 aromatic rings. The summed E-state index contributed by atoms with van der Waals surface area (Å²) in [5.41, 5.74) is 1.95. The first-order valence-electron chi connectivity index (χ1n) is 10.1. The van der Waals surface area contributed by atoms with E-state index >= 15 is 0 Å². The number of thioether (sulfide) groups is 1. The van der Waals surface area contributed by atoms with Gasteiger partial charge in [0.1, 0.15) is 5.82 Å². The Morgan fingerprint density at radius 1 is 1.06 bits per heavy atom. The molecule has 1 unspecified atom stereocenters. The number of aromatic nitrogens is 3. The molecule has 0 radical (unpaired) electrons. The average molecular weight is 501 g/mol. The third kappa shape index (κ3) is 5.55. The van der Waals surface area contributed by atoms with E-state index in [4.69, 9.17) is 23.2 Å². The Hall–Kier alpha value is -2.87. The monoisotopic (exact) mass is 500 g/mol. The lowest BCUT2D eigenvalue weighted by Gasteiger charge is -2.17. The zero-order valence-electron chi connectivity index (χ0n) is 17.5. The SMILES string of the molecule is CC(NC(=O)c1cccc(F)c1)c1nnc(SCc2ccccc2)n1-c1cc(Cl)ccc1Cl. The van der Waals surface area contributed by atoms with Gasteiger partial charge in [0, 0.05) is 16.3 Å². The van der Waals surface area contributed by atoms with E-state index < -0.39 is 17.8 Å². The fraction of sp³-hybridized carbons (Fsp3) is 0.125. The van der Waals surface area contributed by atoms with Crippen LogP contribution in [0, 0.1) is 5.82 Å². The van der Waals surface area contributed by atoms with E-state index in [2.05, 4.69) is 15.5 Å². The van der Waals surface area contributed by atoms with Gasteiger partial charge in [-0.3, -0.25) is 9.36 Å². The molecular formula is C24H19Cl2FN4OS. The molecule has 0 bridgehead atoms. The lowest BCUT2D eigenvalue weighted by Crippen LogP contribution is -2.28. The largest absolute Gasteiger partial charge is 0.342 e. The predicted octanol–water partition coefficient (Wildman–Crippen LogP) is 6.50. The Balaban J connectivity index is 1.67. The summed E-state index contributed by atoms with van der Waals surface area (Å²) in [6, 6.07) is 20.1. The van der Waals surface area contributed by atoms with E-state index in [0.717, 1.165) is 5.56 Å². The molecule has 0 saturated carbocycles. The van der Waals surface area contributed by atoms with Gasteiger partial charge in [0.15, 0.2) is 11.0 Å². The molecule has 0 saturated heterocycles. The highest BCUT2D eigenvalue weighted by Gasteiger charge is 2.23. The van der Waals surface area contributed by atoms with E-state index in [1.807, 2.05) is 30.3 Å². The summed E-state index contributed by atoms with van der Waals surface area (Å²) >= 11 is 14.2. The minimum Gasteiger partial charge on any atom is -0.342 e. The van der Waals surface area contributed by atoms with E-state index in [-0.39, 0.29) is 5.56 Å². The summed E-state index contributed by atoms with van der Waals surface area (Å²) in [4.78, 5) is 12.7. The van der Waals surface area contributed by atoms with Gasteiger partial charge < -0.3 is 5.32 Å². The van der Waals surface area contributed by atoms with Crippen LogP contribution in [0.4, 0.5) is 4.39 Å². The second kappa shape index (κ2) is 10.4. The van der Waals surface area contributed by atoms with Crippen LogP contribution < -0.4 is 5.32 Å². The first-order chi connectivity index (χ1) is 15.9. The van der Waals surface area contributed by atoms with E-state index in [1.54, 1.807) is 35.8 Å². The van der Waals surface area contributed by atoms with Crippen LogP contribution in [0.5, 0.6) is 0 Å². The second-order valence-electron chi connectivity index (χ2n) is 7.25. The third-order valence-electron chi connectivity index (χ3n) is 4.84. The Morgan fingerprint density at radius 2 is 1.85 bits per heavy atom. The molecule has 3 aromatic carbocycles. The summed E-state index contributed by atoms with van der Waals surface area (Å²) in [5, 5.41) is 13.1. The van der Waals surface area contributed by atoms with Crippen LogP contribution >= 0.6 is 35.0 Å². The molecule has 168 valence electrons. The predicted molar refractivity (Wildman–Crippen MR) is 130 cm³/mol. The number of carbonyl (C=O) groups excluding carboxylic acids is 1. The van der Waals surface area contributed by atoms with Crippen LogP contribution in [0.25, 0.3) is 5.69 Å². The van der Waals surface area contributed by atoms with Gasteiger partial charge in [0.2, 0.25) is 0 Å². The molecule has 9 heteroatoms. The average Bonchev–Trinajstić information content (AvgIpc) is 3.24. The maximum Gasteiger partial charge on any atom is 0.251 e. The molecule has 0 aliphatic heterocycles. The van der Waals surface area contributed by atoms with Gasteiger partial charge in [-0.15, -0.1) is 10.2 Å². The summed E-state index contributed by atoms with van der Waals surface area (Å²) in [6.45, 7) is 1.78. The molecule has 1 atom stereocenters. The van der Waals surface area contributed by atoms with Crippen molar-refractivity contribution >= 4 is 40.9 Å². The van der Waals surface area contributed by atoms with Crippen molar-refractivity contribution in [2.75, 3.05) is 0 Å². The molecule has 0 aliphatic carbocycles. The van der Waals surface area contributed by atoms with Crippen molar-refractivity contribution in [2.24, 2.45) is 0 Å². The number of benzene rings is 3. The maximum absolute atomic E-state index is 13.5. The van der Waals surface area contributed by atoms with E-state index in [1.165, 1.54) is 30.0 Å². The molecule has 33 heavy (non-hydrogen) atoms. The summed E-state index contributed by atoms with van der Waals surface area (Å²) < 4.78 is 15.3. The minimum absolute atomic E-state index is 0.215. The van der Waals surface area contributed by atoms with Crippen LogP contribution in [0.3, 0.4) is 0 Å². The first-order valence-corrected chi connectivity index (χ1v) is 11.8. The number of hydrogen-bond donors (Lipinski definition) is 1. The van der Waals surface area contributed by atoms with Crippen molar-refractivity contribution < 1.29 is 9.18 Å². The molecule has 1 N–H and O–H groups in total. The Kier molecular flexibility index (Phi) is 7.33. The standard InChI is InChI=1S/C24H19Cl2FN4OS/c1-15(28-23(32)17-8-5-9-19(27)12-17)22-29-30-24(33-14-16-6-3-2-4-7-16)31(22)21-13-18(25)10-11-20(21)26/h2-13,15H,14H2,1H3,(H,28,32). The van der Waals surface area contributed by atoms with Crippen LogP contribution in [0.2, 0.25) is 10.0 Å². The highest BCUT2D eigenvalue weighted by atomic mass is 35.5. The summed E-state index contributed by atoms with van der Waals surface area (Å²) in [5.74, 6) is 0.233. The fourth-order valence-corrected chi connectivity index (χ4v) is 4.51. The minimum atomic E-state index is -0.547. The van der Waals surface area contributed by atoms with Gasteiger partial charge in [-0.1, -0.05) is 71.4 Å². The van der Waals surface area contributed by atoms with Crippen molar-refractivity contribution in [1.82, 2.24) is 20.1 Å². The zero-order chi connectivity index (χ0) is 23.4. The van der Waals surface area contributed by atoms with Crippen molar-refractivity contribution in [1.29, 1.82) is 0 Å². The normalized spacial score (nSPS) is 11.9. The Morgan fingerprint density at radius 3 is 2.61 bits per heavy atom. The van der Waals surface area contributed by atoms with Crippen molar-refractivity contribution in [3.63, 3.8) is 0 Å². The van der Waals surface area contributed by atoms with Gasteiger partial charge in [-0.25, -0.2) is 4.39 Å². The van der Waals surface area contributed by atoms with Crippen LogP contribution in [-0.2, 0) is 5.75 Å². The van der Waals surface area contributed by atoms with Crippen LogP contribution in [-0.4, -0.2) is 20.7 Å². The lowest BCUT2D eigenvalue weighted by atomic mass is 10.2.